The highest BCUT2D eigenvalue weighted by Gasteiger charge is 2.07. The molecular weight excluding hydrogens is 276 g/mol. The molecule has 1 amide bonds. The molecule has 22 heavy (non-hydrogen) atoms. The van der Waals surface area contributed by atoms with E-state index in [0.29, 0.717) is 5.56 Å². The Hall–Kier alpha value is -2.49. The van der Waals surface area contributed by atoms with Gasteiger partial charge >= 0.3 is 0 Å². The van der Waals surface area contributed by atoms with E-state index in [9.17, 15) is 4.79 Å². The van der Waals surface area contributed by atoms with E-state index in [1.165, 1.54) is 0 Å². The lowest BCUT2D eigenvalue weighted by atomic mass is 10.2. The van der Waals surface area contributed by atoms with Crippen molar-refractivity contribution in [2.75, 3.05) is 24.3 Å². The van der Waals surface area contributed by atoms with E-state index in [-0.39, 0.29) is 12.0 Å². The third-order valence-corrected chi connectivity index (χ3v) is 3.13. The van der Waals surface area contributed by atoms with E-state index in [0.717, 1.165) is 17.1 Å². The number of hydrogen-bond donors (Lipinski definition) is 1. The molecule has 0 saturated heterocycles. The molecule has 0 aliphatic heterocycles. The average molecular weight is 298 g/mol. The highest BCUT2D eigenvalue weighted by molar-refractivity contribution is 6.04. The Balaban J connectivity index is 2.02. The van der Waals surface area contributed by atoms with E-state index in [1.54, 1.807) is 0 Å². The van der Waals surface area contributed by atoms with Crippen LogP contribution < -0.4 is 15.0 Å². The predicted octanol–water partition coefficient (Wildman–Crippen LogP) is 3.79. The molecule has 0 heterocycles. The summed E-state index contributed by atoms with van der Waals surface area (Å²) in [5.41, 5.74) is 2.44. The molecule has 0 aliphatic rings. The minimum Gasteiger partial charge on any atom is -0.491 e. The van der Waals surface area contributed by atoms with Crippen molar-refractivity contribution in [3.8, 4) is 5.75 Å². The Bertz CT molecular complexity index is 617. The zero-order valence-electron chi connectivity index (χ0n) is 13.5. The Kier molecular flexibility index (Phi) is 5.04. The summed E-state index contributed by atoms with van der Waals surface area (Å²) < 4.78 is 5.58. The maximum Gasteiger partial charge on any atom is 0.255 e. The third-order valence-electron chi connectivity index (χ3n) is 3.13. The van der Waals surface area contributed by atoms with Gasteiger partial charge in [0.15, 0.2) is 0 Å². The van der Waals surface area contributed by atoms with Crippen molar-refractivity contribution in [2.24, 2.45) is 0 Å². The van der Waals surface area contributed by atoms with Gasteiger partial charge in [-0.3, -0.25) is 4.79 Å². The van der Waals surface area contributed by atoms with Gasteiger partial charge in [0.05, 0.1) is 6.10 Å². The number of anilines is 2. The van der Waals surface area contributed by atoms with E-state index in [4.69, 9.17) is 4.74 Å². The molecule has 0 atom stereocenters. The Morgan fingerprint density at radius 2 is 1.59 bits per heavy atom. The number of amides is 1. The van der Waals surface area contributed by atoms with Crippen LogP contribution in [0.2, 0.25) is 0 Å². The van der Waals surface area contributed by atoms with Crippen LogP contribution in [0.3, 0.4) is 0 Å². The number of rotatable bonds is 5. The van der Waals surface area contributed by atoms with E-state index in [2.05, 4.69) is 5.32 Å². The van der Waals surface area contributed by atoms with Crippen LogP contribution in [0, 0.1) is 0 Å². The number of nitrogens with zero attached hydrogens (tertiary/aromatic N) is 1. The lowest BCUT2D eigenvalue weighted by Gasteiger charge is -2.13. The van der Waals surface area contributed by atoms with Crippen LogP contribution in [0.5, 0.6) is 5.75 Å². The molecule has 116 valence electrons. The minimum absolute atomic E-state index is 0.122. The maximum absolute atomic E-state index is 12.2. The van der Waals surface area contributed by atoms with Gasteiger partial charge in [0, 0.05) is 31.0 Å². The highest BCUT2D eigenvalue weighted by atomic mass is 16.5. The summed E-state index contributed by atoms with van der Waals surface area (Å²) in [4.78, 5) is 14.2. The van der Waals surface area contributed by atoms with E-state index in [1.807, 2.05) is 81.4 Å². The van der Waals surface area contributed by atoms with Gasteiger partial charge in [0.25, 0.3) is 5.91 Å². The molecule has 2 rings (SSSR count). The molecule has 0 aromatic heterocycles. The third kappa shape index (κ3) is 4.25. The quantitative estimate of drug-likeness (QED) is 0.913. The summed E-state index contributed by atoms with van der Waals surface area (Å²) in [6.45, 7) is 3.96. The first-order valence-corrected chi connectivity index (χ1v) is 7.31. The second-order valence-electron chi connectivity index (χ2n) is 5.59. The summed E-state index contributed by atoms with van der Waals surface area (Å²) in [5.74, 6) is 0.672. The van der Waals surface area contributed by atoms with Gasteiger partial charge < -0.3 is 15.0 Å². The van der Waals surface area contributed by atoms with Crippen molar-refractivity contribution >= 4 is 17.3 Å². The Morgan fingerprint density at radius 3 is 2.09 bits per heavy atom. The van der Waals surface area contributed by atoms with Crippen molar-refractivity contribution < 1.29 is 9.53 Å². The fraction of sp³-hybridized carbons (Fsp3) is 0.278. The van der Waals surface area contributed by atoms with Gasteiger partial charge in [-0.25, -0.2) is 0 Å². The van der Waals surface area contributed by atoms with Crippen LogP contribution >= 0.6 is 0 Å². The smallest absolute Gasteiger partial charge is 0.255 e. The molecule has 0 fully saturated rings. The number of nitrogens with one attached hydrogen (secondary N) is 1. The second-order valence-corrected chi connectivity index (χ2v) is 5.59. The molecule has 2 aromatic rings. The zero-order valence-corrected chi connectivity index (χ0v) is 13.5. The number of ether oxygens (including phenoxy) is 1. The molecule has 4 nitrogen and oxygen atoms in total. The Morgan fingerprint density at radius 1 is 1.00 bits per heavy atom. The number of hydrogen-bond acceptors (Lipinski definition) is 3. The zero-order chi connectivity index (χ0) is 16.1. The van der Waals surface area contributed by atoms with Crippen LogP contribution in [0.1, 0.15) is 24.2 Å². The summed E-state index contributed by atoms with van der Waals surface area (Å²) in [7, 11) is 3.94. The minimum atomic E-state index is -0.122. The fourth-order valence-corrected chi connectivity index (χ4v) is 2.00. The average Bonchev–Trinajstić information content (AvgIpc) is 2.49. The molecular formula is C18H22N2O2. The van der Waals surface area contributed by atoms with Gasteiger partial charge in [-0.15, -0.1) is 0 Å². The van der Waals surface area contributed by atoms with Gasteiger partial charge in [-0.1, -0.05) is 0 Å². The standard InChI is InChI=1S/C18H22N2O2/c1-13(2)22-17-11-7-15(8-12-17)19-18(21)14-5-9-16(10-6-14)20(3)4/h5-13H,1-4H3,(H,19,21). The highest BCUT2D eigenvalue weighted by Crippen LogP contribution is 2.18. The summed E-state index contributed by atoms with van der Waals surface area (Å²) in [6.07, 6.45) is 0.135. The van der Waals surface area contributed by atoms with Gasteiger partial charge in [0.1, 0.15) is 5.75 Å². The summed E-state index contributed by atoms with van der Waals surface area (Å²) in [6, 6.07) is 14.9. The molecule has 0 spiro atoms. The molecule has 2 aromatic carbocycles. The van der Waals surface area contributed by atoms with Crippen LogP contribution in [0.25, 0.3) is 0 Å². The van der Waals surface area contributed by atoms with Gasteiger partial charge in [-0.2, -0.15) is 0 Å². The molecule has 0 bridgehead atoms. The summed E-state index contributed by atoms with van der Waals surface area (Å²) >= 11 is 0. The van der Waals surface area contributed by atoms with Crippen LogP contribution in [-0.4, -0.2) is 26.1 Å². The normalized spacial score (nSPS) is 10.4. The number of carbonyl (C=O) groups is 1. The second kappa shape index (κ2) is 6.98. The summed E-state index contributed by atoms with van der Waals surface area (Å²) in [5, 5.41) is 2.88. The van der Waals surface area contributed by atoms with Crippen LogP contribution in [0.4, 0.5) is 11.4 Å². The lowest BCUT2D eigenvalue weighted by molar-refractivity contribution is 0.102. The predicted molar refractivity (Wildman–Crippen MR) is 90.9 cm³/mol. The maximum atomic E-state index is 12.2. The number of benzene rings is 2. The van der Waals surface area contributed by atoms with Crippen molar-refractivity contribution in [1.82, 2.24) is 0 Å². The van der Waals surface area contributed by atoms with Crippen molar-refractivity contribution in [3.05, 3.63) is 54.1 Å². The topological polar surface area (TPSA) is 41.6 Å². The van der Waals surface area contributed by atoms with Crippen LogP contribution in [-0.2, 0) is 0 Å². The monoisotopic (exact) mass is 298 g/mol. The van der Waals surface area contributed by atoms with E-state index < -0.39 is 0 Å². The number of carbonyl (C=O) groups excluding carboxylic acids is 1. The molecule has 4 heteroatoms. The lowest BCUT2D eigenvalue weighted by Crippen LogP contribution is -2.13. The molecule has 0 unspecified atom stereocenters. The van der Waals surface area contributed by atoms with Gasteiger partial charge in [-0.05, 0) is 62.4 Å². The molecule has 0 aliphatic carbocycles. The van der Waals surface area contributed by atoms with Crippen molar-refractivity contribution in [3.63, 3.8) is 0 Å². The first-order valence-electron chi connectivity index (χ1n) is 7.31. The van der Waals surface area contributed by atoms with E-state index >= 15 is 0 Å². The largest absolute Gasteiger partial charge is 0.491 e. The molecule has 1 N–H and O–H groups in total. The van der Waals surface area contributed by atoms with Crippen LogP contribution in [0.15, 0.2) is 48.5 Å². The van der Waals surface area contributed by atoms with Crippen molar-refractivity contribution in [2.45, 2.75) is 20.0 Å². The fourth-order valence-electron chi connectivity index (χ4n) is 2.00. The first kappa shape index (κ1) is 15.9. The molecule has 0 radical (unpaired) electrons. The SMILES string of the molecule is CC(C)Oc1ccc(NC(=O)c2ccc(N(C)C)cc2)cc1. The van der Waals surface area contributed by atoms with Gasteiger partial charge in [0.2, 0.25) is 0 Å². The molecule has 0 saturated carbocycles. The van der Waals surface area contributed by atoms with Crippen molar-refractivity contribution in [1.29, 1.82) is 0 Å². The first-order chi connectivity index (χ1) is 10.5. The Labute approximate surface area is 131 Å².